The second-order valence-electron chi connectivity index (χ2n) is 5.97. The number of thiophene rings is 1. The first-order valence-electron chi connectivity index (χ1n) is 8.28. The Balaban J connectivity index is 1.71. The fraction of sp³-hybridized carbons (Fsp3) is 0.0476. The molecule has 2 aromatic heterocycles. The molecule has 4 nitrogen and oxygen atoms in total. The van der Waals surface area contributed by atoms with Gasteiger partial charge in [0.05, 0.1) is 22.4 Å². The van der Waals surface area contributed by atoms with Gasteiger partial charge < -0.3 is 5.32 Å². The van der Waals surface area contributed by atoms with Crippen LogP contribution in [0.3, 0.4) is 0 Å². The first kappa shape index (κ1) is 16.3. The molecule has 2 heterocycles. The van der Waals surface area contributed by atoms with E-state index in [9.17, 15) is 4.79 Å². The van der Waals surface area contributed by atoms with E-state index in [4.69, 9.17) is 5.10 Å². The van der Waals surface area contributed by atoms with Crippen LogP contribution in [0, 0.1) is 6.92 Å². The van der Waals surface area contributed by atoms with Crippen molar-refractivity contribution in [1.82, 2.24) is 9.78 Å². The molecule has 4 rings (SSSR count). The standard InChI is InChI=1S/C21H17N3OS/c1-15-9-11-16(12-10-15)21(25)22-18-14-24(17-6-3-2-4-7-17)23-20(18)19-8-5-13-26-19/h2-14H,1H3,(H,22,25). The third-order valence-electron chi connectivity index (χ3n) is 4.05. The third-order valence-corrected chi connectivity index (χ3v) is 4.93. The number of nitrogens with zero attached hydrogens (tertiary/aromatic N) is 2. The number of hydrogen-bond acceptors (Lipinski definition) is 3. The summed E-state index contributed by atoms with van der Waals surface area (Å²) in [7, 11) is 0. The topological polar surface area (TPSA) is 46.9 Å². The fourth-order valence-electron chi connectivity index (χ4n) is 2.67. The van der Waals surface area contributed by atoms with Gasteiger partial charge in [0.1, 0.15) is 5.69 Å². The lowest BCUT2D eigenvalue weighted by atomic mass is 10.1. The molecule has 0 saturated heterocycles. The minimum atomic E-state index is -0.143. The number of amides is 1. The number of benzene rings is 2. The predicted octanol–water partition coefficient (Wildman–Crippen LogP) is 5.16. The predicted molar refractivity (Wildman–Crippen MR) is 106 cm³/mol. The Bertz CT molecular complexity index is 1020. The number of carbonyl (C=O) groups excluding carboxylic acids is 1. The summed E-state index contributed by atoms with van der Waals surface area (Å²) in [6.07, 6.45) is 1.86. The lowest BCUT2D eigenvalue weighted by molar-refractivity contribution is 0.102. The van der Waals surface area contributed by atoms with E-state index in [2.05, 4.69) is 5.32 Å². The van der Waals surface area contributed by atoms with E-state index in [1.54, 1.807) is 16.0 Å². The van der Waals surface area contributed by atoms with Crippen molar-refractivity contribution >= 4 is 22.9 Å². The zero-order valence-corrected chi connectivity index (χ0v) is 15.0. The average Bonchev–Trinajstić information content (AvgIpc) is 3.32. The molecule has 26 heavy (non-hydrogen) atoms. The smallest absolute Gasteiger partial charge is 0.255 e. The van der Waals surface area contributed by atoms with Crippen molar-refractivity contribution in [3.63, 3.8) is 0 Å². The van der Waals surface area contributed by atoms with Crippen molar-refractivity contribution < 1.29 is 4.79 Å². The first-order chi connectivity index (χ1) is 12.7. The van der Waals surface area contributed by atoms with E-state index in [0.717, 1.165) is 21.8 Å². The molecule has 0 aliphatic carbocycles. The Morgan fingerprint density at radius 2 is 1.77 bits per heavy atom. The maximum absolute atomic E-state index is 12.6. The molecule has 1 N–H and O–H groups in total. The number of aromatic nitrogens is 2. The number of nitrogens with one attached hydrogen (secondary N) is 1. The number of para-hydroxylation sites is 1. The maximum atomic E-state index is 12.6. The van der Waals surface area contributed by atoms with Crippen LogP contribution in [0.4, 0.5) is 5.69 Å². The summed E-state index contributed by atoms with van der Waals surface area (Å²) in [5.74, 6) is -0.143. The molecule has 4 aromatic rings. The van der Waals surface area contributed by atoms with Gasteiger partial charge >= 0.3 is 0 Å². The minimum absolute atomic E-state index is 0.143. The monoisotopic (exact) mass is 359 g/mol. The van der Waals surface area contributed by atoms with Crippen molar-refractivity contribution in [2.45, 2.75) is 6.92 Å². The van der Waals surface area contributed by atoms with Crippen molar-refractivity contribution in [3.05, 3.63) is 89.4 Å². The molecule has 128 valence electrons. The van der Waals surface area contributed by atoms with Crippen LogP contribution < -0.4 is 5.32 Å². The molecular formula is C21H17N3OS. The van der Waals surface area contributed by atoms with Crippen molar-refractivity contribution in [2.24, 2.45) is 0 Å². The SMILES string of the molecule is Cc1ccc(C(=O)Nc2cn(-c3ccccc3)nc2-c2cccs2)cc1. The molecule has 0 fully saturated rings. The summed E-state index contributed by atoms with van der Waals surface area (Å²) in [4.78, 5) is 13.7. The van der Waals surface area contributed by atoms with E-state index in [1.165, 1.54) is 0 Å². The highest BCUT2D eigenvalue weighted by atomic mass is 32.1. The number of anilines is 1. The van der Waals surface area contributed by atoms with Gasteiger partial charge in [-0.2, -0.15) is 5.10 Å². The second kappa shape index (κ2) is 6.98. The normalized spacial score (nSPS) is 10.7. The van der Waals surface area contributed by atoms with E-state index in [1.807, 2.05) is 85.2 Å². The highest BCUT2D eigenvalue weighted by Crippen LogP contribution is 2.31. The molecule has 5 heteroatoms. The summed E-state index contributed by atoms with van der Waals surface area (Å²) >= 11 is 1.60. The van der Waals surface area contributed by atoms with Crippen molar-refractivity contribution in [1.29, 1.82) is 0 Å². The number of aryl methyl sites for hydroxylation is 1. The van der Waals surface area contributed by atoms with Crippen LogP contribution in [0.2, 0.25) is 0 Å². The zero-order valence-electron chi connectivity index (χ0n) is 14.2. The number of hydrogen-bond donors (Lipinski definition) is 1. The lowest BCUT2D eigenvalue weighted by Gasteiger charge is -2.05. The molecule has 0 atom stereocenters. The summed E-state index contributed by atoms with van der Waals surface area (Å²) in [6.45, 7) is 2.00. The zero-order chi connectivity index (χ0) is 17.9. The third kappa shape index (κ3) is 3.30. The quantitative estimate of drug-likeness (QED) is 0.547. The van der Waals surface area contributed by atoms with Crippen LogP contribution >= 0.6 is 11.3 Å². The molecule has 0 saturated carbocycles. The van der Waals surface area contributed by atoms with Gasteiger partial charge in [-0.25, -0.2) is 4.68 Å². The molecule has 2 aromatic carbocycles. The Labute approximate surface area is 155 Å². The number of rotatable bonds is 4. The van der Waals surface area contributed by atoms with E-state index >= 15 is 0 Å². The van der Waals surface area contributed by atoms with E-state index < -0.39 is 0 Å². The van der Waals surface area contributed by atoms with Crippen LogP contribution in [-0.2, 0) is 0 Å². The van der Waals surface area contributed by atoms with Gasteiger partial charge in [0.15, 0.2) is 0 Å². The van der Waals surface area contributed by atoms with Gasteiger partial charge in [-0.15, -0.1) is 11.3 Å². The minimum Gasteiger partial charge on any atom is -0.319 e. The van der Waals surface area contributed by atoms with Crippen LogP contribution in [-0.4, -0.2) is 15.7 Å². The van der Waals surface area contributed by atoms with E-state index in [-0.39, 0.29) is 5.91 Å². The highest BCUT2D eigenvalue weighted by molar-refractivity contribution is 7.13. The van der Waals surface area contributed by atoms with Crippen LogP contribution in [0.25, 0.3) is 16.3 Å². The molecule has 0 aliphatic heterocycles. The molecule has 0 aliphatic rings. The van der Waals surface area contributed by atoms with Crippen LogP contribution in [0.5, 0.6) is 0 Å². The highest BCUT2D eigenvalue weighted by Gasteiger charge is 2.16. The number of carbonyl (C=O) groups is 1. The second-order valence-corrected chi connectivity index (χ2v) is 6.92. The molecule has 0 radical (unpaired) electrons. The summed E-state index contributed by atoms with van der Waals surface area (Å²) in [6, 6.07) is 21.4. The summed E-state index contributed by atoms with van der Waals surface area (Å²) in [5.41, 5.74) is 4.16. The Hall–Kier alpha value is -3.18. The molecule has 0 bridgehead atoms. The van der Waals surface area contributed by atoms with Gasteiger partial charge in [-0.3, -0.25) is 4.79 Å². The summed E-state index contributed by atoms with van der Waals surface area (Å²) in [5, 5.41) is 9.71. The Kier molecular flexibility index (Phi) is 4.37. The van der Waals surface area contributed by atoms with Crippen LogP contribution in [0.15, 0.2) is 78.3 Å². The first-order valence-corrected chi connectivity index (χ1v) is 9.16. The largest absolute Gasteiger partial charge is 0.319 e. The Morgan fingerprint density at radius 1 is 1.00 bits per heavy atom. The van der Waals surface area contributed by atoms with Gasteiger partial charge in [-0.1, -0.05) is 42.0 Å². The molecular weight excluding hydrogens is 342 g/mol. The maximum Gasteiger partial charge on any atom is 0.255 e. The lowest BCUT2D eigenvalue weighted by Crippen LogP contribution is -2.11. The van der Waals surface area contributed by atoms with Gasteiger partial charge in [0.25, 0.3) is 5.91 Å². The van der Waals surface area contributed by atoms with Crippen LogP contribution in [0.1, 0.15) is 15.9 Å². The van der Waals surface area contributed by atoms with Gasteiger partial charge in [0.2, 0.25) is 0 Å². The molecule has 0 spiro atoms. The average molecular weight is 359 g/mol. The molecule has 1 amide bonds. The summed E-state index contributed by atoms with van der Waals surface area (Å²) < 4.78 is 1.79. The van der Waals surface area contributed by atoms with Gasteiger partial charge in [-0.05, 0) is 42.6 Å². The Morgan fingerprint density at radius 3 is 2.46 bits per heavy atom. The van der Waals surface area contributed by atoms with Crippen molar-refractivity contribution in [3.8, 4) is 16.3 Å². The molecule has 0 unspecified atom stereocenters. The fourth-order valence-corrected chi connectivity index (χ4v) is 3.40. The van der Waals surface area contributed by atoms with Gasteiger partial charge in [0, 0.05) is 5.56 Å². The van der Waals surface area contributed by atoms with E-state index in [0.29, 0.717) is 11.3 Å². The van der Waals surface area contributed by atoms with Crippen molar-refractivity contribution in [2.75, 3.05) is 5.32 Å².